The Morgan fingerprint density at radius 1 is 0.444 bits per heavy atom. The Hall–Kier alpha value is -6.95. The SMILES string of the molecule is [2H]c1c([2H])c([2H])c(-c2nc(-c3ccc4sc5ccccc5c4c3)nc(-c3ccccc3-n3c4cccc5c4c4c6c(cccc6ccc43)-c3ccccc3-5)n2)c([2H])c1[2H]. The second-order valence-electron chi connectivity index (χ2n) is 13.6. The summed E-state index contributed by atoms with van der Waals surface area (Å²) in [5.74, 6) is 0.640. The van der Waals surface area contributed by atoms with Crippen molar-refractivity contribution in [3.05, 3.63) is 170 Å². The molecular weight excluding hydrogens is 677 g/mol. The molecule has 8 aromatic carbocycles. The van der Waals surface area contributed by atoms with Crippen molar-refractivity contribution in [1.29, 1.82) is 0 Å². The highest BCUT2D eigenvalue weighted by Crippen LogP contribution is 2.50. The fourth-order valence-corrected chi connectivity index (χ4v) is 9.50. The summed E-state index contributed by atoms with van der Waals surface area (Å²) in [6.45, 7) is 0. The van der Waals surface area contributed by atoms with Gasteiger partial charge in [0.05, 0.1) is 23.6 Å². The van der Waals surface area contributed by atoms with E-state index in [1.54, 1.807) is 11.3 Å². The van der Waals surface area contributed by atoms with E-state index in [-0.39, 0.29) is 23.5 Å². The molecule has 0 aliphatic heterocycles. The van der Waals surface area contributed by atoms with Gasteiger partial charge in [0.15, 0.2) is 17.5 Å². The maximum atomic E-state index is 8.92. The maximum absolute atomic E-state index is 8.92. The minimum absolute atomic E-state index is 0.00164. The number of thiophene rings is 1. The average Bonchev–Trinajstić information content (AvgIpc) is 3.79. The summed E-state index contributed by atoms with van der Waals surface area (Å²) in [7, 11) is 0. The lowest BCUT2D eigenvalue weighted by molar-refractivity contribution is 1.06. The molecule has 0 N–H and O–H groups in total. The van der Waals surface area contributed by atoms with Gasteiger partial charge >= 0.3 is 0 Å². The van der Waals surface area contributed by atoms with Gasteiger partial charge in [-0.05, 0) is 81.6 Å². The third kappa shape index (κ3) is 4.21. The molecule has 0 atom stereocenters. The lowest BCUT2D eigenvalue weighted by atomic mass is 9.93. The maximum Gasteiger partial charge on any atom is 0.166 e. The minimum Gasteiger partial charge on any atom is -0.308 e. The molecule has 1 aliphatic carbocycles. The number of nitrogens with zero attached hydrogens (tertiary/aromatic N) is 4. The van der Waals surface area contributed by atoms with Crippen LogP contribution < -0.4 is 0 Å². The van der Waals surface area contributed by atoms with Gasteiger partial charge in [-0.15, -0.1) is 11.3 Å². The van der Waals surface area contributed by atoms with Crippen molar-refractivity contribution in [3.63, 3.8) is 0 Å². The van der Waals surface area contributed by atoms with E-state index in [1.807, 2.05) is 36.4 Å². The standard InChI is InChI=1S/C49H28N4S/c1-2-12-30(13-3-1)47-50-48(31-25-27-43-38(28-31)34-17-7-9-23-42(34)54-43)52-49(51-47)37-18-6-8-21-39(37)53-40-22-11-20-36-33-16-5-4-15-32(33)35-19-10-14-29-24-26-41(53)46(44(29)35)45(36)40/h1-28H/i1D,2D,3D,12D,13D. The number of aromatic nitrogens is 4. The van der Waals surface area contributed by atoms with Crippen molar-refractivity contribution in [2.75, 3.05) is 0 Å². The Bertz CT molecular complexity index is 3620. The van der Waals surface area contributed by atoms with Gasteiger partial charge in [0.2, 0.25) is 0 Å². The summed E-state index contributed by atoms with van der Waals surface area (Å²) < 4.78 is 47.7. The number of hydrogen-bond donors (Lipinski definition) is 0. The molecule has 4 nitrogen and oxygen atoms in total. The molecule has 3 aromatic heterocycles. The Balaban J connectivity index is 1.16. The summed E-state index contributed by atoms with van der Waals surface area (Å²) >= 11 is 1.71. The van der Waals surface area contributed by atoms with Crippen molar-refractivity contribution < 1.29 is 6.85 Å². The van der Waals surface area contributed by atoms with Gasteiger partial charge in [0, 0.05) is 47.6 Å². The molecule has 250 valence electrons. The molecule has 11 aromatic rings. The van der Waals surface area contributed by atoms with E-state index >= 15 is 0 Å². The zero-order chi connectivity index (χ0) is 39.7. The highest BCUT2D eigenvalue weighted by Gasteiger charge is 2.26. The highest BCUT2D eigenvalue weighted by atomic mass is 32.1. The topological polar surface area (TPSA) is 43.6 Å². The quantitative estimate of drug-likeness (QED) is 0.183. The van der Waals surface area contributed by atoms with Crippen LogP contribution in [0.15, 0.2) is 170 Å². The first-order valence-electron chi connectivity index (χ1n) is 20.3. The number of hydrogen-bond acceptors (Lipinski definition) is 4. The summed E-state index contributed by atoms with van der Waals surface area (Å²) in [4.78, 5) is 15.0. The number of benzene rings is 8. The first-order valence-corrected chi connectivity index (χ1v) is 18.6. The smallest absolute Gasteiger partial charge is 0.166 e. The monoisotopic (exact) mass is 709 g/mol. The van der Waals surface area contributed by atoms with E-state index < -0.39 is 18.1 Å². The lowest BCUT2D eigenvalue weighted by Crippen LogP contribution is -2.03. The fourth-order valence-electron chi connectivity index (χ4n) is 8.41. The predicted octanol–water partition coefficient (Wildman–Crippen LogP) is 13.1. The lowest BCUT2D eigenvalue weighted by Gasteiger charge is -2.16. The molecule has 0 amide bonds. The van der Waals surface area contributed by atoms with Gasteiger partial charge < -0.3 is 4.57 Å². The van der Waals surface area contributed by atoms with E-state index in [0.717, 1.165) is 54.1 Å². The van der Waals surface area contributed by atoms with Crippen LogP contribution in [-0.2, 0) is 0 Å². The van der Waals surface area contributed by atoms with Crippen LogP contribution in [0.25, 0.3) is 115 Å². The molecule has 1 aliphatic rings. The first kappa shape index (κ1) is 25.1. The number of rotatable bonds is 4. The predicted molar refractivity (Wildman–Crippen MR) is 225 cm³/mol. The van der Waals surface area contributed by atoms with Gasteiger partial charge in [-0.1, -0.05) is 121 Å². The Labute approximate surface area is 321 Å². The second kappa shape index (κ2) is 11.3. The van der Waals surface area contributed by atoms with Gasteiger partial charge in [-0.2, -0.15) is 0 Å². The summed E-state index contributed by atoms with van der Waals surface area (Å²) in [5, 5.41) is 6.87. The van der Waals surface area contributed by atoms with E-state index in [2.05, 4.69) is 108 Å². The normalized spacial score (nSPS) is 13.4. The van der Waals surface area contributed by atoms with Crippen molar-refractivity contribution in [3.8, 4) is 62.1 Å². The van der Waals surface area contributed by atoms with Gasteiger partial charge in [-0.25, -0.2) is 15.0 Å². The Morgan fingerprint density at radius 2 is 1.09 bits per heavy atom. The Kier molecular flexibility index (Phi) is 5.24. The zero-order valence-corrected chi connectivity index (χ0v) is 29.3. The largest absolute Gasteiger partial charge is 0.308 e. The molecule has 0 spiro atoms. The molecule has 0 bridgehead atoms. The highest BCUT2D eigenvalue weighted by molar-refractivity contribution is 7.25. The van der Waals surface area contributed by atoms with Crippen LogP contribution in [0.2, 0.25) is 0 Å². The van der Waals surface area contributed by atoms with Gasteiger partial charge in [-0.3, -0.25) is 0 Å². The minimum atomic E-state index is -0.476. The second-order valence-corrected chi connectivity index (χ2v) is 14.7. The molecule has 12 rings (SSSR count). The molecular formula is C49H28N4S. The van der Waals surface area contributed by atoms with E-state index in [9.17, 15) is 0 Å². The van der Waals surface area contributed by atoms with Crippen LogP contribution in [0.4, 0.5) is 0 Å². The van der Waals surface area contributed by atoms with E-state index in [1.165, 1.54) is 32.2 Å². The van der Waals surface area contributed by atoms with Crippen LogP contribution in [0.3, 0.4) is 0 Å². The summed E-state index contributed by atoms with van der Waals surface area (Å²) in [5.41, 5.74) is 8.95. The van der Waals surface area contributed by atoms with E-state index in [4.69, 9.17) is 21.8 Å². The van der Waals surface area contributed by atoms with Crippen LogP contribution in [0, 0.1) is 0 Å². The number of fused-ring (bicyclic) bond motifs is 6. The first-order chi connectivity index (χ1) is 28.9. The molecule has 0 saturated carbocycles. The van der Waals surface area contributed by atoms with Crippen LogP contribution in [0.1, 0.15) is 6.85 Å². The molecule has 0 fully saturated rings. The number of para-hydroxylation sites is 1. The molecule has 0 radical (unpaired) electrons. The van der Waals surface area contributed by atoms with Crippen LogP contribution in [0.5, 0.6) is 0 Å². The Morgan fingerprint density at radius 3 is 1.94 bits per heavy atom. The molecule has 5 heteroatoms. The van der Waals surface area contributed by atoms with Crippen molar-refractivity contribution in [1.82, 2.24) is 19.5 Å². The molecule has 0 saturated heterocycles. The van der Waals surface area contributed by atoms with Gasteiger partial charge in [0.1, 0.15) is 0 Å². The van der Waals surface area contributed by atoms with Crippen LogP contribution >= 0.6 is 11.3 Å². The zero-order valence-electron chi connectivity index (χ0n) is 33.5. The molecule has 54 heavy (non-hydrogen) atoms. The third-order valence-electron chi connectivity index (χ3n) is 10.7. The third-order valence-corrected chi connectivity index (χ3v) is 11.8. The van der Waals surface area contributed by atoms with Crippen LogP contribution in [-0.4, -0.2) is 19.5 Å². The molecule has 0 unspecified atom stereocenters. The fraction of sp³-hybridized carbons (Fsp3) is 0. The van der Waals surface area contributed by atoms with Crippen molar-refractivity contribution in [2.24, 2.45) is 0 Å². The summed E-state index contributed by atoms with van der Waals surface area (Å²) in [6, 6.07) is 46.2. The summed E-state index contributed by atoms with van der Waals surface area (Å²) in [6.07, 6.45) is 0. The van der Waals surface area contributed by atoms with E-state index in [0.29, 0.717) is 17.2 Å². The van der Waals surface area contributed by atoms with Gasteiger partial charge in [0.25, 0.3) is 0 Å². The average molecular weight is 710 g/mol. The van der Waals surface area contributed by atoms with Crippen molar-refractivity contribution >= 4 is 64.1 Å². The van der Waals surface area contributed by atoms with Crippen molar-refractivity contribution in [2.45, 2.75) is 0 Å². The molecule has 3 heterocycles.